The zero-order valence-electron chi connectivity index (χ0n) is 21.7. The maximum atomic E-state index is 14.2. The molecule has 1 aliphatic heterocycles. The molecular weight excluding hydrogens is 483 g/mol. The van der Waals surface area contributed by atoms with Crippen molar-refractivity contribution >= 4 is 22.8 Å². The van der Waals surface area contributed by atoms with Gasteiger partial charge < -0.3 is 20.1 Å². The van der Waals surface area contributed by atoms with E-state index in [1.54, 1.807) is 13.0 Å². The maximum Gasteiger partial charge on any atom is 0.316 e. The van der Waals surface area contributed by atoms with Crippen molar-refractivity contribution in [3.05, 3.63) is 95.0 Å². The highest BCUT2D eigenvalue weighted by Crippen LogP contribution is 2.51. The van der Waals surface area contributed by atoms with Crippen LogP contribution in [0.1, 0.15) is 55.8 Å². The molecule has 198 valence electrons. The summed E-state index contributed by atoms with van der Waals surface area (Å²) in [6.45, 7) is 3.59. The van der Waals surface area contributed by atoms with Gasteiger partial charge in [0.05, 0.1) is 0 Å². The number of aromatic amines is 1. The number of amides is 1. The molecule has 1 aliphatic carbocycles. The van der Waals surface area contributed by atoms with E-state index in [1.807, 2.05) is 36.4 Å². The maximum absolute atomic E-state index is 14.2. The van der Waals surface area contributed by atoms with E-state index in [0.29, 0.717) is 30.6 Å². The monoisotopic (exact) mass is 516 g/mol. The van der Waals surface area contributed by atoms with Gasteiger partial charge in [-0.15, -0.1) is 0 Å². The minimum atomic E-state index is -1.31. The number of allylic oxidation sites excluding steroid dienone is 3. The molecule has 2 heterocycles. The summed E-state index contributed by atoms with van der Waals surface area (Å²) in [6.07, 6.45) is 7.29. The van der Waals surface area contributed by atoms with Crippen LogP contribution in [0.15, 0.2) is 72.3 Å². The van der Waals surface area contributed by atoms with Crippen LogP contribution in [0.3, 0.4) is 0 Å². The third-order valence-electron chi connectivity index (χ3n) is 7.84. The number of aliphatic hydroxyl groups excluding tert-OH is 1. The quantitative estimate of drug-likeness (QED) is 0.364. The van der Waals surface area contributed by atoms with E-state index in [9.17, 15) is 19.1 Å². The van der Waals surface area contributed by atoms with E-state index in [-0.39, 0.29) is 11.7 Å². The molecule has 6 nitrogen and oxygen atoms in total. The SMILES string of the molecule is CC(=O)NCCc1c(C(c2ccccc2)C2(C)C(=O)OC(CC3=CCCC=C3)C2O)[nH]c2cc(F)ccc12. The summed E-state index contributed by atoms with van der Waals surface area (Å²) in [5.74, 6) is -1.60. The van der Waals surface area contributed by atoms with Crippen molar-refractivity contribution in [2.24, 2.45) is 5.41 Å². The fourth-order valence-electron chi connectivity index (χ4n) is 5.92. The summed E-state index contributed by atoms with van der Waals surface area (Å²) < 4.78 is 20.1. The van der Waals surface area contributed by atoms with Gasteiger partial charge in [0.2, 0.25) is 5.91 Å². The fourth-order valence-corrected chi connectivity index (χ4v) is 5.92. The molecule has 7 heteroatoms. The molecule has 3 aromatic rings. The molecule has 4 unspecified atom stereocenters. The number of halogens is 1. The fraction of sp³-hybridized carbons (Fsp3) is 0.355. The number of ether oxygens (including phenoxy) is 1. The van der Waals surface area contributed by atoms with Crippen LogP contribution in [0.4, 0.5) is 4.39 Å². The number of esters is 1. The highest BCUT2D eigenvalue weighted by Gasteiger charge is 2.59. The van der Waals surface area contributed by atoms with Crippen LogP contribution >= 0.6 is 0 Å². The summed E-state index contributed by atoms with van der Waals surface area (Å²) in [6, 6.07) is 14.1. The zero-order valence-corrected chi connectivity index (χ0v) is 21.7. The number of nitrogens with one attached hydrogen (secondary N) is 2. The Kier molecular flexibility index (Phi) is 7.21. The van der Waals surface area contributed by atoms with Crippen molar-refractivity contribution in [1.29, 1.82) is 0 Å². The van der Waals surface area contributed by atoms with Gasteiger partial charge in [-0.25, -0.2) is 4.39 Å². The Balaban J connectivity index is 1.62. The third-order valence-corrected chi connectivity index (χ3v) is 7.84. The molecular formula is C31H33FN2O4. The standard InChI is InChI=1S/C31H33FN2O4/c1-19(35)33-16-15-24-23-14-13-22(32)18-25(23)34-28(24)27(21-11-7-4-8-12-21)31(2)29(36)26(38-30(31)37)17-20-9-5-3-6-10-20/h4-5,7-14,18,26-27,29,34,36H,3,6,15-17H2,1-2H3,(H,33,35). The van der Waals surface area contributed by atoms with E-state index >= 15 is 0 Å². The summed E-state index contributed by atoms with van der Waals surface area (Å²) in [4.78, 5) is 28.7. The minimum absolute atomic E-state index is 0.146. The van der Waals surface area contributed by atoms with Crippen LogP contribution in [0.5, 0.6) is 0 Å². The molecule has 4 atom stereocenters. The lowest BCUT2D eigenvalue weighted by molar-refractivity contribution is -0.148. The summed E-state index contributed by atoms with van der Waals surface area (Å²) in [7, 11) is 0. The van der Waals surface area contributed by atoms with Gasteiger partial charge in [-0.3, -0.25) is 9.59 Å². The number of carbonyl (C=O) groups excluding carboxylic acids is 2. The van der Waals surface area contributed by atoms with Crippen LogP contribution in [-0.2, 0) is 20.7 Å². The van der Waals surface area contributed by atoms with Crippen LogP contribution < -0.4 is 5.32 Å². The van der Waals surface area contributed by atoms with E-state index in [2.05, 4.69) is 22.5 Å². The molecule has 5 rings (SSSR count). The molecule has 1 fully saturated rings. The van der Waals surface area contributed by atoms with Crippen molar-refractivity contribution < 1.29 is 23.8 Å². The molecule has 0 bridgehead atoms. The van der Waals surface area contributed by atoms with Crippen molar-refractivity contribution in [3.63, 3.8) is 0 Å². The first-order valence-corrected chi connectivity index (χ1v) is 13.1. The van der Waals surface area contributed by atoms with Gasteiger partial charge in [0.1, 0.15) is 23.4 Å². The predicted octanol–water partition coefficient (Wildman–Crippen LogP) is 5.08. The largest absolute Gasteiger partial charge is 0.459 e. The van der Waals surface area contributed by atoms with E-state index in [0.717, 1.165) is 34.9 Å². The van der Waals surface area contributed by atoms with Gasteiger partial charge in [-0.1, -0.05) is 48.6 Å². The Labute approximate surface area is 221 Å². The predicted molar refractivity (Wildman–Crippen MR) is 144 cm³/mol. The Hall–Kier alpha value is -3.71. The number of benzene rings is 2. The third kappa shape index (κ3) is 4.78. The Bertz CT molecular complexity index is 1410. The Morgan fingerprint density at radius 1 is 1.24 bits per heavy atom. The van der Waals surface area contributed by atoms with Gasteiger partial charge in [-0.05, 0) is 61.1 Å². The lowest BCUT2D eigenvalue weighted by Gasteiger charge is -2.34. The molecule has 2 aliphatic rings. The van der Waals surface area contributed by atoms with E-state index < -0.39 is 29.5 Å². The number of carbonyl (C=O) groups is 2. The van der Waals surface area contributed by atoms with Crippen LogP contribution in [0.2, 0.25) is 0 Å². The van der Waals surface area contributed by atoms with Crippen molar-refractivity contribution in [2.45, 2.75) is 57.7 Å². The second kappa shape index (κ2) is 10.6. The first-order valence-electron chi connectivity index (χ1n) is 13.1. The summed E-state index contributed by atoms with van der Waals surface area (Å²) in [5, 5.41) is 15.4. The first-order chi connectivity index (χ1) is 18.3. The molecule has 38 heavy (non-hydrogen) atoms. The number of fused-ring (bicyclic) bond motifs is 1. The number of H-pyrrole nitrogens is 1. The van der Waals surface area contributed by atoms with E-state index in [4.69, 9.17) is 4.74 Å². The van der Waals surface area contributed by atoms with Crippen LogP contribution in [0.25, 0.3) is 10.9 Å². The zero-order chi connectivity index (χ0) is 26.9. The smallest absolute Gasteiger partial charge is 0.316 e. The van der Waals surface area contributed by atoms with Crippen molar-refractivity contribution in [3.8, 4) is 0 Å². The second-order valence-corrected chi connectivity index (χ2v) is 10.4. The number of hydrogen-bond donors (Lipinski definition) is 3. The molecule has 0 spiro atoms. The summed E-state index contributed by atoms with van der Waals surface area (Å²) in [5.41, 5.74) is 2.73. The van der Waals surface area contributed by atoms with Crippen LogP contribution in [0, 0.1) is 11.2 Å². The van der Waals surface area contributed by atoms with Gasteiger partial charge >= 0.3 is 5.97 Å². The topological polar surface area (TPSA) is 91.4 Å². The molecule has 0 radical (unpaired) electrons. The van der Waals surface area contributed by atoms with Gasteiger partial charge in [-0.2, -0.15) is 0 Å². The Morgan fingerprint density at radius 3 is 2.74 bits per heavy atom. The average Bonchev–Trinajstić information content (AvgIpc) is 3.35. The molecule has 1 aromatic heterocycles. The lowest BCUT2D eigenvalue weighted by atomic mass is 9.67. The van der Waals surface area contributed by atoms with Crippen molar-refractivity contribution in [2.75, 3.05) is 6.54 Å². The number of cyclic esters (lactones) is 1. The minimum Gasteiger partial charge on any atom is -0.459 e. The normalized spacial score (nSPS) is 23.8. The van der Waals surface area contributed by atoms with Gasteiger partial charge in [0.25, 0.3) is 0 Å². The molecule has 1 saturated heterocycles. The van der Waals surface area contributed by atoms with E-state index in [1.165, 1.54) is 19.1 Å². The second-order valence-electron chi connectivity index (χ2n) is 10.4. The Morgan fingerprint density at radius 2 is 2.03 bits per heavy atom. The number of aromatic nitrogens is 1. The highest BCUT2D eigenvalue weighted by molar-refractivity contribution is 5.87. The highest BCUT2D eigenvalue weighted by atomic mass is 19.1. The number of hydrogen-bond acceptors (Lipinski definition) is 4. The molecule has 1 amide bonds. The molecule has 0 saturated carbocycles. The lowest BCUT2D eigenvalue weighted by Crippen LogP contribution is -2.43. The summed E-state index contributed by atoms with van der Waals surface area (Å²) >= 11 is 0. The van der Waals surface area contributed by atoms with Gasteiger partial charge in [0.15, 0.2) is 0 Å². The number of aliphatic hydroxyl groups is 1. The molecule has 2 aromatic carbocycles. The van der Waals surface area contributed by atoms with Crippen LogP contribution in [-0.4, -0.2) is 40.7 Å². The van der Waals surface area contributed by atoms with Gasteiger partial charge in [0, 0.05) is 42.4 Å². The average molecular weight is 517 g/mol. The van der Waals surface area contributed by atoms with Crippen molar-refractivity contribution in [1.82, 2.24) is 10.3 Å². The number of rotatable bonds is 8. The first kappa shape index (κ1) is 25.9. The molecule has 3 N–H and O–H groups in total.